The van der Waals surface area contributed by atoms with Crippen molar-refractivity contribution >= 4 is 0 Å². The first-order valence-corrected chi connectivity index (χ1v) is 5.39. The summed E-state index contributed by atoms with van der Waals surface area (Å²) in [4.78, 5) is 8.23. The average molecular weight is 230 g/mol. The number of rotatable bonds is 3. The van der Waals surface area contributed by atoms with Gasteiger partial charge in [-0.1, -0.05) is 0 Å². The molecule has 4 nitrogen and oxygen atoms in total. The van der Waals surface area contributed by atoms with E-state index < -0.39 is 6.10 Å². The minimum atomic E-state index is -0.565. The Morgan fingerprint density at radius 1 is 1.06 bits per heavy atom. The van der Waals surface area contributed by atoms with Crippen LogP contribution in [0.5, 0.6) is 11.5 Å². The first-order chi connectivity index (χ1) is 8.15. The highest BCUT2D eigenvalue weighted by atomic mass is 16.5. The van der Waals surface area contributed by atoms with Crippen molar-refractivity contribution in [2.75, 3.05) is 0 Å². The third kappa shape index (κ3) is 3.01. The second-order valence-corrected chi connectivity index (χ2v) is 3.83. The predicted octanol–water partition coefficient (Wildman–Crippen LogP) is 2.63. The van der Waals surface area contributed by atoms with Gasteiger partial charge in [-0.3, -0.25) is 9.97 Å². The Morgan fingerprint density at radius 2 is 1.71 bits per heavy atom. The summed E-state index contributed by atoms with van der Waals surface area (Å²) in [6, 6.07) is 7.24. The van der Waals surface area contributed by atoms with Gasteiger partial charge in [0.2, 0.25) is 0 Å². The lowest BCUT2D eigenvalue weighted by atomic mass is 10.2. The molecule has 2 heterocycles. The smallest absolute Gasteiger partial charge is 0.145 e. The molecule has 2 aromatic heterocycles. The molecule has 0 fully saturated rings. The minimum Gasteiger partial charge on any atom is -0.454 e. The van der Waals surface area contributed by atoms with E-state index in [1.807, 2.05) is 19.1 Å². The number of hydrogen-bond donors (Lipinski definition) is 1. The SMILES string of the molecule is Cc1ccc(Oc2ccc([C@@H](C)O)nc2)cn1. The summed E-state index contributed by atoms with van der Waals surface area (Å²) in [6.45, 7) is 3.59. The Kier molecular flexibility index (Phi) is 3.35. The molecule has 1 atom stereocenters. The third-order valence-corrected chi connectivity index (χ3v) is 2.31. The zero-order valence-corrected chi connectivity index (χ0v) is 9.79. The van der Waals surface area contributed by atoms with Gasteiger partial charge in [-0.2, -0.15) is 0 Å². The monoisotopic (exact) mass is 230 g/mol. The molecular formula is C13H14N2O2. The van der Waals surface area contributed by atoms with Crippen LogP contribution in [0.4, 0.5) is 0 Å². The lowest BCUT2D eigenvalue weighted by Gasteiger charge is -2.07. The van der Waals surface area contributed by atoms with Crippen LogP contribution in [0, 0.1) is 6.92 Å². The number of pyridine rings is 2. The van der Waals surface area contributed by atoms with E-state index in [2.05, 4.69) is 9.97 Å². The van der Waals surface area contributed by atoms with Crippen molar-refractivity contribution in [2.45, 2.75) is 20.0 Å². The molecule has 0 spiro atoms. The van der Waals surface area contributed by atoms with Crippen molar-refractivity contribution in [1.82, 2.24) is 9.97 Å². The van der Waals surface area contributed by atoms with E-state index in [1.165, 1.54) is 0 Å². The Labute approximate surface area is 99.9 Å². The molecule has 0 aliphatic carbocycles. The second-order valence-electron chi connectivity index (χ2n) is 3.83. The zero-order chi connectivity index (χ0) is 12.3. The van der Waals surface area contributed by atoms with E-state index in [9.17, 15) is 5.11 Å². The molecule has 0 saturated heterocycles. The maximum Gasteiger partial charge on any atom is 0.145 e. The van der Waals surface area contributed by atoms with Gasteiger partial charge in [0.1, 0.15) is 11.5 Å². The van der Waals surface area contributed by atoms with E-state index in [-0.39, 0.29) is 0 Å². The number of hydrogen-bond acceptors (Lipinski definition) is 4. The molecule has 2 rings (SSSR count). The molecule has 0 aliphatic heterocycles. The number of ether oxygens (including phenoxy) is 1. The second kappa shape index (κ2) is 4.93. The summed E-state index contributed by atoms with van der Waals surface area (Å²) in [5.74, 6) is 1.29. The molecule has 2 aromatic rings. The maximum atomic E-state index is 9.32. The molecule has 0 radical (unpaired) electrons. The predicted molar refractivity (Wildman–Crippen MR) is 63.9 cm³/mol. The van der Waals surface area contributed by atoms with Crippen LogP contribution < -0.4 is 4.74 Å². The topological polar surface area (TPSA) is 55.2 Å². The van der Waals surface area contributed by atoms with Crippen LogP contribution in [0.2, 0.25) is 0 Å². The van der Waals surface area contributed by atoms with Crippen LogP contribution in [-0.2, 0) is 0 Å². The minimum absolute atomic E-state index is 0.565. The van der Waals surface area contributed by atoms with Gasteiger partial charge >= 0.3 is 0 Å². The maximum absolute atomic E-state index is 9.32. The Bertz CT molecular complexity index is 478. The fourth-order valence-electron chi connectivity index (χ4n) is 1.35. The van der Waals surface area contributed by atoms with E-state index in [0.29, 0.717) is 17.2 Å². The molecule has 0 aliphatic rings. The van der Waals surface area contributed by atoms with E-state index in [4.69, 9.17) is 4.74 Å². The van der Waals surface area contributed by atoms with Crippen LogP contribution in [0.1, 0.15) is 24.4 Å². The molecule has 0 aromatic carbocycles. The first kappa shape index (κ1) is 11.5. The number of aryl methyl sites for hydroxylation is 1. The largest absolute Gasteiger partial charge is 0.454 e. The highest BCUT2D eigenvalue weighted by molar-refractivity contribution is 5.28. The fourth-order valence-corrected chi connectivity index (χ4v) is 1.35. The molecule has 1 N–H and O–H groups in total. The summed E-state index contributed by atoms with van der Waals surface area (Å²) < 4.78 is 5.56. The van der Waals surface area contributed by atoms with Crippen molar-refractivity contribution in [3.63, 3.8) is 0 Å². The van der Waals surface area contributed by atoms with Crippen molar-refractivity contribution in [2.24, 2.45) is 0 Å². The number of aliphatic hydroxyl groups is 1. The van der Waals surface area contributed by atoms with Crippen LogP contribution in [-0.4, -0.2) is 15.1 Å². The number of aliphatic hydroxyl groups excluding tert-OH is 1. The molecule has 0 bridgehead atoms. The van der Waals surface area contributed by atoms with Crippen molar-refractivity contribution in [1.29, 1.82) is 0 Å². The summed E-state index contributed by atoms with van der Waals surface area (Å²) in [6.07, 6.45) is 2.69. The standard InChI is InChI=1S/C13H14N2O2/c1-9-3-4-11(7-14-9)17-12-5-6-13(10(2)16)15-8-12/h3-8,10,16H,1-2H3/t10-/m1/s1. The van der Waals surface area contributed by atoms with E-state index in [1.54, 1.807) is 31.5 Å². The molecule has 17 heavy (non-hydrogen) atoms. The third-order valence-electron chi connectivity index (χ3n) is 2.31. The average Bonchev–Trinajstić information content (AvgIpc) is 2.33. The van der Waals surface area contributed by atoms with Crippen LogP contribution in [0.3, 0.4) is 0 Å². The summed E-state index contributed by atoms with van der Waals surface area (Å²) >= 11 is 0. The van der Waals surface area contributed by atoms with Gasteiger partial charge in [0, 0.05) is 5.69 Å². The van der Waals surface area contributed by atoms with Gasteiger partial charge in [0.25, 0.3) is 0 Å². The summed E-state index contributed by atoms with van der Waals surface area (Å²) in [5, 5.41) is 9.32. The number of nitrogens with zero attached hydrogens (tertiary/aromatic N) is 2. The van der Waals surface area contributed by atoms with Crippen molar-refractivity contribution in [3.05, 3.63) is 48.0 Å². The lowest BCUT2D eigenvalue weighted by molar-refractivity contribution is 0.194. The van der Waals surface area contributed by atoms with Gasteiger partial charge in [0.15, 0.2) is 0 Å². The Hall–Kier alpha value is -1.94. The highest BCUT2D eigenvalue weighted by Gasteiger charge is 2.03. The first-order valence-electron chi connectivity index (χ1n) is 5.39. The lowest BCUT2D eigenvalue weighted by Crippen LogP contribution is -1.95. The number of aromatic nitrogens is 2. The van der Waals surface area contributed by atoms with Crippen LogP contribution in [0.25, 0.3) is 0 Å². The Morgan fingerprint density at radius 3 is 2.18 bits per heavy atom. The Balaban J connectivity index is 2.11. The molecule has 0 saturated carbocycles. The van der Waals surface area contributed by atoms with Gasteiger partial charge in [0.05, 0.1) is 24.2 Å². The highest BCUT2D eigenvalue weighted by Crippen LogP contribution is 2.20. The fraction of sp³-hybridized carbons (Fsp3) is 0.231. The van der Waals surface area contributed by atoms with E-state index >= 15 is 0 Å². The summed E-state index contributed by atoms with van der Waals surface area (Å²) in [7, 11) is 0. The van der Waals surface area contributed by atoms with Crippen LogP contribution >= 0.6 is 0 Å². The van der Waals surface area contributed by atoms with Gasteiger partial charge in [-0.25, -0.2) is 0 Å². The molecular weight excluding hydrogens is 216 g/mol. The normalized spacial score (nSPS) is 12.2. The molecule has 4 heteroatoms. The summed E-state index contributed by atoms with van der Waals surface area (Å²) in [5.41, 5.74) is 1.57. The van der Waals surface area contributed by atoms with Gasteiger partial charge in [-0.15, -0.1) is 0 Å². The van der Waals surface area contributed by atoms with Gasteiger partial charge < -0.3 is 9.84 Å². The van der Waals surface area contributed by atoms with Crippen LogP contribution in [0.15, 0.2) is 36.7 Å². The molecule has 0 unspecified atom stereocenters. The quantitative estimate of drug-likeness (QED) is 0.880. The van der Waals surface area contributed by atoms with Gasteiger partial charge in [-0.05, 0) is 38.1 Å². The molecule has 0 amide bonds. The van der Waals surface area contributed by atoms with Crippen molar-refractivity contribution < 1.29 is 9.84 Å². The van der Waals surface area contributed by atoms with Crippen molar-refractivity contribution in [3.8, 4) is 11.5 Å². The van der Waals surface area contributed by atoms with E-state index in [0.717, 1.165) is 5.69 Å². The molecule has 88 valence electrons. The zero-order valence-electron chi connectivity index (χ0n) is 9.79.